The summed E-state index contributed by atoms with van der Waals surface area (Å²) in [6, 6.07) is 5.93. The lowest BCUT2D eigenvalue weighted by molar-refractivity contribution is 0.283. The highest BCUT2D eigenvalue weighted by Gasteiger charge is 2.01. The second kappa shape index (κ2) is 7.12. The van der Waals surface area contributed by atoms with Gasteiger partial charge in [-0.15, -0.1) is 0 Å². The van der Waals surface area contributed by atoms with E-state index in [4.69, 9.17) is 14.6 Å². The molecule has 16 heavy (non-hydrogen) atoms. The molecule has 0 amide bonds. The average molecular weight is 224 g/mol. The molecule has 0 spiro atoms. The van der Waals surface area contributed by atoms with E-state index in [1.54, 1.807) is 14.2 Å². The molecule has 0 aliphatic carbocycles. The van der Waals surface area contributed by atoms with E-state index in [0.29, 0.717) is 0 Å². The summed E-state index contributed by atoms with van der Waals surface area (Å²) in [5.74, 6) is 1.66. The minimum absolute atomic E-state index is 0.279. The molecule has 0 atom stereocenters. The average Bonchev–Trinajstić information content (AvgIpc) is 2.34. The number of benzene rings is 1. The first-order chi connectivity index (χ1) is 7.80. The van der Waals surface area contributed by atoms with Gasteiger partial charge in [-0.1, -0.05) is 6.42 Å². The van der Waals surface area contributed by atoms with Crippen LogP contribution in [0.2, 0.25) is 0 Å². The maximum absolute atomic E-state index is 8.69. The topological polar surface area (TPSA) is 38.7 Å². The Morgan fingerprint density at radius 1 is 0.938 bits per heavy atom. The normalized spacial score (nSPS) is 10.2. The molecule has 0 saturated heterocycles. The van der Waals surface area contributed by atoms with E-state index < -0.39 is 0 Å². The van der Waals surface area contributed by atoms with Gasteiger partial charge in [0.05, 0.1) is 14.2 Å². The Bertz CT molecular complexity index is 288. The number of hydrogen-bond donors (Lipinski definition) is 1. The summed E-state index contributed by atoms with van der Waals surface area (Å²) in [5.41, 5.74) is 1.22. The Balaban J connectivity index is 2.57. The Morgan fingerprint density at radius 3 is 2.06 bits per heavy atom. The van der Waals surface area contributed by atoms with Gasteiger partial charge in [-0.2, -0.15) is 0 Å². The van der Waals surface area contributed by atoms with Crippen molar-refractivity contribution < 1.29 is 14.6 Å². The fourth-order valence-electron chi connectivity index (χ4n) is 1.63. The zero-order valence-corrected chi connectivity index (χ0v) is 10.0. The fraction of sp³-hybridized carbons (Fsp3) is 0.538. The van der Waals surface area contributed by atoms with E-state index in [9.17, 15) is 0 Å². The highest BCUT2D eigenvalue weighted by molar-refractivity contribution is 5.38. The zero-order valence-electron chi connectivity index (χ0n) is 10.0. The fourth-order valence-corrected chi connectivity index (χ4v) is 1.63. The zero-order chi connectivity index (χ0) is 11.8. The second-order valence-corrected chi connectivity index (χ2v) is 3.76. The summed E-state index contributed by atoms with van der Waals surface area (Å²) >= 11 is 0. The first kappa shape index (κ1) is 12.8. The largest absolute Gasteiger partial charge is 0.497 e. The van der Waals surface area contributed by atoms with E-state index in [2.05, 4.69) is 0 Å². The maximum Gasteiger partial charge on any atom is 0.122 e. The van der Waals surface area contributed by atoms with Crippen molar-refractivity contribution >= 4 is 0 Å². The first-order valence-corrected chi connectivity index (χ1v) is 5.63. The highest BCUT2D eigenvalue weighted by atomic mass is 16.5. The van der Waals surface area contributed by atoms with Crippen molar-refractivity contribution in [3.05, 3.63) is 23.8 Å². The van der Waals surface area contributed by atoms with Crippen LogP contribution in [0.1, 0.15) is 24.8 Å². The number of hydrogen-bond acceptors (Lipinski definition) is 3. The molecule has 0 aliphatic heterocycles. The SMILES string of the molecule is COc1cc(CCCCCO)cc(OC)c1. The first-order valence-electron chi connectivity index (χ1n) is 5.63. The van der Waals surface area contributed by atoms with Crippen LogP contribution in [0.3, 0.4) is 0 Å². The van der Waals surface area contributed by atoms with Crippen LogP contribution < -0.4 is 9.47 Å². The number of ether oxygens (including phenoxy) is 2. The van der Waals surface area contributed by atoms with Gasteiger partial charge in [0.1, 0.15) is 11.5 Å². The molecule has 1 aromatic rings. The predicted octanol–water partition coefficient (Wildman–Crippen LogP) is 2.41. The lowest BCUT2D eigenvalue weighted by atomic mass is 10.1. The Hall–Kier alpha value is -1.22. The van der Waals surface area contributed by atoms with Crippen molar-refractivity contribution in [3.63, 3.8) is 0 Å². The molecule has 0 aromatic heterocycles. The van der Waals surface area contributed by atoms with Gasteiger partial charge in [0.15, 0.2) is 0 Å². The number of aryl methyl sites for hydroxylation is 1. The molecule has 0 fully saturated rings. The molecular weight excluding hydrogens is 204 g/mol. The lowest BCUT2D eigenvalue weighted by Gasteiger charge is -2.08. The highest BCUT2D eigenvalue weighted by Crippen LogP contribution is 2.23. The van der Waals surface area contributed by atoms with Crippen LogP contribution in [-0.2, 0) is 6.42 Å². The van der Waals surface area contributed by atoms with Gasteiger partial charge in [-0.3, -0.25) is 0 Å². The summed E-state index contributed by atoms with van der Waals surface area (Å²) < 4.78 is 10.4. The van der Waals surface area contributed by atoms with E-state index in [0.717, 1.165) is 37.2 Å². The van der Waals surface area contributed by atoms with Gasteiger partial charge < -0.3 is 14.6 Å². The number of aliphatic hydroxyl groups excluding tert-OH is 1. The second-order valence-electron chi connectivity index (χ2n) is 3.76. The van der Waals surface area contributed by atoms with Crippen molar-refractivity contribution in [3.8, 4) is 11.5 Å². The summed E-state index contributed by atoms with van der Waals surface area (Å²) in [5, 5.41) is 8.69. The molecule has 1 rings (SSSR count). The molecule has 3 nitrogen and oxygen atoms in total. The Morgan fingerprint density at radius 2 is 1.56 bits per heavy atom. The number of unbranched alkanes of at least 4 members (excludes halogenated alkanes) is 2. The molecule has 0 bridgehead atoms. The number of methoxy groups -OCH3 is 2. The summed E-state index contributed by atoms with van der Waals surface area (Å²) in [4.78, 5) is 0. The van der Waals surface area contributed by atoms with Crippen LogP contribution in [0.5, 0.6) is 11.5 Å². The predicted molar refractivity (Wildman–Crippen MR) is 64.2 cm³/mol. The van der Waals surface area contributed by atoms with Gasteiger partial charge >= 0.3 is 0 Å². The van der Waals surface area contributed by atoms with Gasteiger partial charge in [-0.25, -0.2) is 0 Å². The molecule has 0 saturated carbocycles. The third-order valence-corrected chi connectivity index (χ3v) is 2.53. The molecule has 0 radical (unpaired) electrons. The van der Waals surface area contributed by atoms with Crippen LogP contribution in [0.15, 0.2) is 18.2 Å². The lowest BCUT2D eigenvalue weighted by Crippen LogP contribution is -1.92. The molecule has 3 heteroatoms. The minimum atomic E-state index is 0.279. The van der Waals surface area contributed by atoms with Crippen LogP contribution in [0, 0.1) is 0 Å². The third-order valence-electron chi connectivity index (χ3n) is 2.53. The van der Waals surface area contributed by atoms with E-state index >= 15 is 0 Å². The number of aliphatic hydroxyl groups is 1. The standard InChI is InChI=1S/C13H20O3/c1-15-12-8-11(6-4-3-5-7-14)9-13(10-12)16-2/h8-10,14H,3-7H2,1-2H3. The van der Waals surface area contributed by atoms with E-state index in [1.165, 1.54) is 5.56 Å². The van der Waals surface area contributed by atoms with Crippen LogP contribution >= 0.6 is 0 Å². The summed E-state index contributed by atoms with van der Waals surface area (Å²) in [6.45, 7) is 0.279. The minimum Gasteiger partial charge on any atom is -0.497 e. The molecule has 90 valence electrons. The van der Waals surface area contributed by atoms with Crippen molar-refractivity contribution in [1.29, 1.82) is 0 Å². The summed E-state index contributed by atoms with van der Waals surface area (Å²) in [6.07, 6.45) is 4.00. The number of rotatable bonds is 7. The van der Waals surface area contributed by atoms with E-state index in [-0.39, 0.29) is 6.61 Å². The van der Waals surface area contributed by atoms with E-state index in [1.807, 2.05) is 18.2 Å². The van der Waals surface area contributed by atoms with Crippen LogP contribution in [-0.4, -0.2) is 25.9 Å². The van der Waals surface area contributed by atoms with Crippen LogP contribution in [0.25, 0.3) is 0 Å². The third kappa shape index (κ3) is 4.11. The monoisotopic (exact) mass is 224 g/mol. The molecule has 0 unspecified atom stereocenters. The molecule has 0 aliphatic rings. The van der Waals surface area contributed by atoms with Gasteiger partial charge in [-0.05, 0) is 37.0 Å². The van der Waals surface area contributed by atoms with Crippen molar-refractivity contribution in [2.45, 2.75) is 25.7 Å². The van der Waals surface area contributed by atoms with Crippen LogP contribution in [0.4, 0.5) is 0 Å². The van der Waals surface area contributed by atoms with Gasteiger partial charge in [0.25, 0.3) is 0 Å². The molecule has 1 N–H and O–H groups in total. The summed E-state index contributed by atoms with van der Waals surface area (Å²) in [7, 11) is 3.31. The molecule has 0 heterocycles. The molecular formula is C13H20O3. The van der Waals surface area contributed by atoms with Gasteiger partial charge in [0, 0.05) is 12.7 Å². The smallest absolute Gasteiger partial charge is 0.122 e. The van der Waals surface area contributed by atoms with Gasteiger partial charge in [0.2, 0.25) is 0 Å². The van der Waals surface area contributed by atoms with Crippen molar-refractivity contribution in [2.24, 2.45) is 0 Å². The maximum atomic E-state index is 8.69. The quantitative estimate of drug-likeness (QED) is 0.723. The van der Waals surface area contributed by atoms with Crippen molar-refractivity contribution in [2.75, 3.05) is 20.8 Å². The van der Waals surface area contributed by atoms with Crippen molar-refractivity contribution in [1.82, 2.24) is 0 Å². The Kier molecular flexibility index (Phi) is 5.72. The molecule has 1 aromatic carbocycles. The Labute approximate surface area is 97.0 Å².